The van der Waals surface area contributed by atoms with Gasteiger partial charge in [0.15, 0.2) is 11.5 Å². The maximum atomic E-state index is 16.0. The van der Waals surface area contributed by atoms with E-state index in [1.165, 1.54) is 12.3 Å². The number of pyridine rings is 2. The molecule has 7 nitrogen and oxygen atoms in total. The maximum absolute atomic E-state index is 16.0. The van der Waals surface area contributed by atoms with Crippen molar-refractivity contribution in [2.75, 3.05) is 5.32 Å². The Labute approximate surface area is 218 Å². The minimum atomic E-state index is -0.515. The Hall–Kier alpha value is -4.92. The van der Waals surface area contributed by atoms with Crippen molar-refractivity contribution in [3.05, 3.63) is 109 Å². The standard InChI is InChI=1S/C29H25F2N7/c1-5-9-21(20-10-7-8-11-23(20)30)26-17(4)35-29(36-26)27-24-25(31)22(15-33-28(24)38-37-27)18-12-19(14-32-13-18)34-16(3)6-2/h5,7-15,34H,1,3,6H2,2,4H3,(H,35,36)(H,33,37,38)/b21-9-. The second kappa shape index (κ2) is 10.2. The molecule has 0 spiro atoms. The van der Waals surface area contributed by atoms with Crippen molar-refractivity contribution in [3.63, 3.8) is 0 Å². The van der Waals surface area contributed by atoms with Gasteiger partial charge in [-0.2, -0.15) is 5.10 Å². The summed E-state index contributed by atoms with van der Waals surface area (Å²) in [7, 11) is 0. The van der Waals surface area contributed by atoms with Gasteiger partial charge in [0.25, 0.3) is 0 Å². The van der Waals surface area contributed by atoms with E-state index in [4.69, 9.17) is 4.98 Å². The van der Waals surface area contributed by atoms with Crippen LogP contribution in [0.3, 0.4) is 0 Å². The second-order valence-corrected chi connectivity index (χ2v) is 8.68. The monoisotopic (exact) mass is 509 g/mol. The summed E-state index contributed by atoms with van der Waals surface area (Å²) in [5.41, 5.74) is 4.96. The first-order chi connectivity index (χ1) is 18.4. The number of benzene rings is 1. The molecular weight excluding hydrogens is 484 g/mol. The van der Waals surface area contributed by atoms with Crippen LogP contribution in [0.5, 0.6) is 0 Å². The fourth-order valence-electron chi connectivity index (χ4n) is 4.21. The van der Waals surface area contributed by atoms with Gasteiger partial charge in [-0.3, -0.25) is 10.1 Å². The zero-order valence-corrected chi connectivity index (χ0v) is 20.9. The molecule has 0 radical (unpaired) electrons. The minimum absolute atomic E-state index is 0.180. The van der Waals surface area contributed by atoms with Crippen molar-refractivity contribution in [2.24, 2.45) is 0 Å². The molecule has 0 bridgehead atoms. The number of H-pyrrole nitrogens is 2. The smallest absolute Gasteiger partial charge is 0.184 e. The molecule has 0 atom stereocenters. The molecule has 9 heteroatoms. The lowest BCUT2D eigenvalue weighted by molar-refractivity contribution is 0.624. The number of fused-ring (bicyclic) bond motifs is 1. The van der Waals surface area contributed by atoms with E-state index in [2.05, 4.69) is 43.6 Å². The Balaban J connectivity index is 1.61. The molecule has 1 aromatic carbocycles. The summed E-state index contributed by atoms with van der Waals surface area (Å²) < 4.78 is 30.7. The lowest BCUT2D eigenvalue weighted by Crippen LogP contribution is -1.98. The van der Waals surface area contributed by atoms with Gasteiger partial charge in [0.05, 0.1) is 23.0 Å². The molecule has 0 saturated carbocycles. The van der Waals surface area contributed by atoms with Gasteiger partial charge >= 0.3 is 0 Å². The van der Waals surface area contributed by atoms with Crippen LogP contribution in [-0.4, -0.2) is 30.1 Å². The number of rotatable bonds is 8. The SMILES string of the molecule is C=C/C=C(/c1ccccc1F)c1nc(-c2[nH]nc3ncc(-c4cncc(NC(=C)CC)c4)c(F)c23)[nH]c1C. The predicted molar refractivity (Wildman–Crippen MR) is 146 cm³/mol. The summed E-state index contributed by atoms with van der Waals surface area (Å²) in [6.07, 6.45) is 8.66. The number of nitrogens with one attached hydrogen (secondary N) is 3. The first-order valence-corrected chi connectivity index (χ1v) is 12.0. The number of nitrogens with zero attached hydrogens (tertiary/aromatic N) is 4. The summed E-state index contributed by atoms with van der Waals surface area (Å²) in [5.74, 6) is -0.556. The van der Waals surface area contributed by atoms with Crippen LogP contribution < -0.4 is 5.32 Å². The van der Waals surface area contributed by atoms with Crippen LogP contribution in [0, 0.1) is 18.6 Å². The molecule has 0 aliphatic rings. The Morgan fingerprint density at radius 2 is 1.97 bits per heavy atom. The number of allylic oxidation sites excluding steroid dienone is 3. The van der Waals surface area contributed by atoms with Crippen molar-refractivity contribution in [3.8, 4) is 22.6 Å². The lowest BCUT2D eigenvalue weighted by Gasteiger charge is -2.09. The first-order valence-electron chi connectivity index (χ1n) is 12.0. The van der Waals surface area contributed by atoms with Gasteiger partial charge in [0.1, 0.15) is 17.3 Å². The van der Waals surface area contributed by atoms with Crippen molar-refractivity contribution < 1.29 is 8.78 Å². The number of imidazole rings is 1. The Morgan fingerprint density at radius 3 is 2.74 bits per heavy atom. The molecule has 4 heterocycles. The highest BCUT2D eigenvalue weighted by Gasteiger charge is 2.22. The average molecular weight is 510 g/mol. The van der Waals surface area contributed by atoms with Gasteiger partial charge in [-0.1, -0.05) is 50.4 Å². The second-order valence-electron chi connectivity index (χ2n) is 8.68. The highest BCUT2D eigenvalue weighted by atomic mass is 19.1. The van der Waals surface area contributed by atoms with Gasteiger partial charge in [-0.15, -0.1) is 0 Å². The van der Waals surface area contributed by atoms with Crippen LogP contribution in [0.25, 0.3) is 39.3 Å². The van der Waals surface area contributed by atoms with Crippen molar-refractivity contribution in [2.45, 2.75) is 20.3 Å². The van der Waals surface area contributed by atoms with E-state index in [9.17, 15) is 4.39 Å². The normalized spacial score (nSPS) is 11.6. The lowest BCUT2D eigenvalue weighted by atomic mass is 10.0. The number of hydrogen-bond acceptors (Lipinski definition) is 5. The summed E-state index contributed by atoms with van der Waals surface area (Å²) >= 11 is 0. The molecule has 5 aromatic rings. The van der Waals surface area contributed by atoms with Gasteiger partial charge in [-0.05, 0) is 25.5 Å². The van der Waals surface area contributed by atoms with E-state index in [0.29, 0.717) is 45.3 Å². The van der Waals surface area contributed by atoms with Crippen LogP contribution >= 0.6 is 0 Å². The molecule has 38 heavy (non-hydrogen) atoms. The number of hydrogen-bond donors (Lipinski definition) is 3. The highest BCUT2D eigenvalue weighted by molar-refractivity contribution is 5.93. The number of aryl methyl sites for hydroxylation is 1. The third kappa shape index (κ3) is 4.50. The quantitative estimate of drug-likeness (QED) is 0.197. The summed E-state index contributed by atoms with van der Waals surface area (Å²) in [5, 5.41) is 10.4. The van der Waals surface area contributed by atoms with E-state index in [-0.39, 0.29) is 22.4 Å². The van der Waals surface area contributed by atoms with Crippen molar-refractivity contribution >= 4 is 22.3 Å². The minimum Gasteiger partial charge on any atom is -0.358 e. The predicted octanol–water partition coefficient (Wildman–Crippen LogP) is 6.95. The van der Waals surface area contributed by atoms with Gasteiger partial charge in [0.2, 0.25) is 0 Å². The fraction of sp³-hybridized carbons (Fsp3) is 0.103. The molecule has 0 aliphatic carbocycles. The average Bonchev–Trinajstić information content (AvgIpc) is 3.52. The Bertz CT molecular complexity index is 1710. The summed E-state index contributed by atoms with van der Waals surface area (Å²) in [4.78, 5) is 16.5. The largest absolute Gasteiger partial charge is 0.358 e. The third-order valence-corrected chi connectivity index (χ3v) is 6.14. The Morgan fingerprint density at radius 1 is 1.16 bits per heavy atom. The molecule has 0 saturated heterocycles. The van der Waals surface area contributed by atoms with Gasteiger partial charge < -0.3 is 10.3 Å². The van der Waals surface area contributed by atoms with E-state index in [1.54, 1.807) is 48.8 Å². The molecule has 0 unspecified atom stereocenters. The van der Waals surface area contributed by atoms with Crippen molar-refractivity contribution in [1.29, 1.82) is 0 Å². The van der Waals surface area contributed by atoms with E-state index < -0.39 is 5.82 Å². The summed E-state index contributed by atoms with van der Waals surface area (Å²) in [6.45, 7) is 11.5. The number of aromatic amines is 2. The van der Waals surface area contributed by atoms with Crippen LogP contribution in [0.2, 0.25) is 0 Å². The molecule has 4 aromatic heterocycles. The van der Waals surface area contributed by atoms with Gasteiger partial charge in [0, 0.05) is 46.0 Å². The zero-order chi connectivity index (χ0) is 26.8. The van der Waals surface area contributed by atoms with Crippen LogP contribution in [-0.2, 0) is 0 Å². The van der Waals surface area contributed by atoms with E-state index >= 15 is 4.39 Å². The molecule has 0 amide bonds. The molecule has 0 aliphatic heterocycles. The van der Waals surface area contributed by atoms with Crippen LogP contribution in [0.15, 0.2) is 79.9 Å². The summed E-state index contributed by atoms with van der Waals surface area (Å²) in [6, 6.07) is 8.22. The molecule has 5 rings (SSSR count). The highest BCUT2D eigenvalue weighted by Crippen LogP contribution is 2.34. The number of halogens is 2. The molecule has 190 valence electrons. The molecule has 3 N–H and O–H groups in total. The zero-order valence-electron chi connectivity index (χ0n) is 20.9. The fourth-order valence-corrected chi connectivity index (χ4v) is 4.21. The number of aromatic nitrogens is 6. The first kappa shape index (κ1) is 24.8. The van der Waals surface area contributed by atoms with Crippen LogP contribution in [0.4, 0.5) is 14.5 Å². The van der Waals surface area contributed by atoms with E-state index in [0.717, 1.165) is 12.1 Å². The third-order valence-electron chi connectivity index (χ3n) is 6.14. The number of anilines is 1. The maximum Gasteiger partial charge on any atom is 0.184 e. The molecular formula is C29H25F2N7. The molecule has 0 fully saturated rings. The Kier molecular flexibility index (Phi) is 6.66. The van der Waals surface area contributed by atoms with E-state index in [1.807, 2.05) is 13.8 Å². The van der Waals surface area contributed by atoms with Crippen LogP contribution in [0.1, 0.15) is 30.3 Å². The topological polar surface area (TPSA) is 95.2 Å². The van der Waals surface area contributed by atoms with Crippen molar-refractivity contribution in [1.82, 2.24) is 30.1 Å². The van der Waals surface area contributed by atoms with Gasteiger partial charge in [-0.25, -0.2) is 18.7 Å².